The van der Waals surface area contributed by atoms with Crippen LogP contribution in [0.25, 0.3) is 0 Å². The Morgan fingerprint density at radius 1 is 1.59 bits per heavy atom. The van der Waals surface area contributed by atoms with Crippen LogP contribution in [0, 0.1) is 12.3 Å². The number of carboxylic acids is 1. The quantitative estimate of drug-likeness (QED) is 0.818. The summed E-state index contributed by atoms with van der Waals surface area (Å²) in [6, 6.07) is 4.70. The summed E-state index contributed by atoms with van der Waals surface area (Å²) in [4.78, 5) is 13.0. The minimum atomic E-state index is -0.977. The molecule has 0 aliphatic carbocycles. The number of aromatic carboxylic acids is 1. The van der Waals surface area contributed by atoms with Crippen molar-refractivity contribution < 1.29 is 9.90 Å². The van der Waals surface area contributed by atoms with E-state index in [1.165, 1.54) is 6.07 Å². The molecule has 4 heteroatoms. The van der Waals surface area contributed by atoms with Crippen molar-refractivity contribution in [1.29, 1.82) is 0 Å². The minimum Gasteiger partial charge on any atom is -0.478 e. The highest BCUT2D eigenvalue weighted by Crippen LogP contribution is 2.25. The fourth-order valence-corrected chi connectivity index (χ4v) is 1.78. The molecule has 0 aliphatic heterocycles. The van der Waals surface area contributed by atoms with Gasteiger partial charge in [0.05, 0.1) is 17.8 Å². The Hall–Kier alpha value is -1.66. The van der Waals surface area contributed by atoms with Crippen LogP contribution in [0.4, 0.5) is 5.69 Å². The van der Waals surface area contributed by atoms with Gasteiger partial charge in [-0.1, -0.05) is 24.4 Å². The predicted octanol–water partition coefficient (Wildman–Crippen LogP) is 2.89. The lowest BCUT2D eigenvalue weighted by Gasteiger charge is -2.23. The zero-order chi connectivity index (χ0) is 12.8. The molecule has 1 aromatic carbocycles. The van der Waals surface area contributed by atoms with Crippen molar-refractivity contribution in [3.63, 3.8) is 0 Å². The van der Waals surface area contributed by atoms with Gasteiger partial charge in [0, 0.05) is 11.6 Å². The lowest BCUT2D eigenvalue weighted by Crippen LogP contribution is -2.26. The first-order valence-electron chi connectivity index (χ1n) is 5.31. The number of anilines is 1. The van der Waals surface area contributed by atoms with E-state index in [0.29, 0.717) is 23.8 Å². The van der Waals surface area contributed by atoms with Crippen molar-refractivity contribution >= 4 is 23.3 Å². The number of terminal acetylenes is 1. The number of rotatable bonds is 5. The third-order valence-electron chi connectivity index (χ3n) is 2.31. The van der Waals surface area contributed by atoms with Crippen LogP contribution in [-0.2, 0) is 0 Å². The van der Waals surface area contributed by atoms with Crippen LogP contribution in [0.2, 0.25) is 5.02 Å². The Morgan fingerprint density at radius 3 is 2.82 bits per heavy atom. The molecule has 90 valence electrons. The van der Waals surface area contributed by atoms with Crippen molar-refractivity contribution in [3.8, 4) is 12.3 Å². The first kappa shape index (κ1) is 13.4. The Kier molecular flexibility index (Phi) is 4.86. The second-order valence-corrected chi connectivity index (χ2v) is 4.03. The van der Waals surface area contributed by atoms with E-state index in [2.05, 4.69) is 5.92 Å². The summed E-state index contributed by atoms with van der Waals surface area (Å²) >= 11 is 5.89. The normalized spacial score (nSPS) is 9.71. The Labute approximate surface area is 106 Å². The number of carbonyl (C=O) groups is 1. The highest BCUT2D eigenvalue weighted by Gasteiger charge is 2.15. The molecular weight excluding hydrogens is 238 g/mol. The van der Waals surface area contributed by atoms with Crippen LogP contribution in [-0.4, -0.2) is 24.2 Å². The monoisotopic (exact) mass is 251 g/mol. The third-order valence-corrected chi connectivity index (χ3v) is 2.54. The second-order valence-electron chi connectivity index (χ2n) is 3.59. The molecular formula is C13H14ClNO2. The van der Waals surface area contributed by atoms with Gasteiger partial charge in [0.25, 0.3) is 0 Å². The van der Waals surface area contributed by atoms with Crippen LogP contribution in [0.3, 0.4) is 0 Å². The van der Waals surface area contributed by atoms with Gasteiger partial charge in [-0.05, 0) is 24.6 Å². The molecule has 0 saturated carbocycles. The summed E-state index contributed by atoms with van der Waals surface area (Å²) < 4.78 is 0. The number of hydrogen-bond acceptors (Lipinski definition) is 2. The number of halogens is 1. The van der Waals surface area contributed by atoms with Gasteiger partial charge < -0.3 is 10.0 Å². The molecule has 17 heavy (non-hydrogen) atoms. The van der Waals surface area contributed by atoms with Gasteiger partial charge in [-0.3, -0.25) is 0 Å². The molecule has 0 atom stereocenters. The average Bonchev–Trinajstić information content (AvgIpc) is 2.28. The number of hydrogen-bond donors (Lipinski definition) is 1. The maximum absolute atomic E-state index is 11.1. The third kappa shape index (κ3) is 3.40. The van der Waals surface area contributed by atoms with Gasteiger partial charge in [-0.15, -0.1) is 6.42 Å². The summed E-state index contributed by atoms with van der Waals surface area (Å²) in [6.07, 6.45) is 6.17. The summed E-state index contributed by atoms with van der Waals surface area (Å²) in [7, 11) is 0. The van der Waals surface area contributed by atoms with Gasteiger partial charge in [-0.2, -0.15) is 0 Å². The smallest absolute Gasteiger partial charge is 0.337 e. The van der Waals surface area contributed by atoms with E-state index in [4.69, 9.17) is 23.1 Å². The molecule has 0 saturated heterocycles. The Morgan fingerprint density at radius 2 is 2.29 bits per heavy atom. The van der Waals surface area contributed by atoms with Gasteiger partial charge in [0.15, 0.2) is 0 Å². The SMILES string of the molecule is C#CCN(CCC)c1cc(Cl)ccc1C(=O)O. The van der Waals surface area contributed by atoms with Gasteiger partial charge >= 0.3 is 5.97 Å². The molecule has 1 rings (SSSR count). The molecule has 0 bridgehead atoms. The molecule has 0 unspecified atom stereocenters. The first-order chi connectivity index (χ1) is 8.10. The topological polar surface area (TPSA) is 40.5 Å². The Balaban J connectivity index is 3.19. The zero-order valence-corrected chi connectivity index (χ0v) is 10.4. The number of nitrogens with zero attached hydrogens (tertiary/aromatic N) is 1. The average molecular weight is 252 g/mol. The van der Waals surface area contributed by atoms with Crippen LogP contribution in [0.1, 0.15) is 23.7 Å². The molecule has 0 fully saturated rings. The van der Waals surface area contributed by atoms with Crippen molar-refractivity contribution in [2.45, 2.75) is 13.3 Å². The van der Waals surface area contributed by atoms with E-state index >= 15 is 0 Å². The summed E-state index contributed by atoms with van der Waals surface area (Å²) in [5.41, 5.74) is 0.794. The van der Waals surface area contributed by atoms with Crippen molar-refractivity contribution in [2.75, 3.05) is 18.0 Å². The van der Waals surface area contributed by atoms with Gasteiger partial charge in [-0.25, -0.2) is 4.79 Å². The molecule has 0 amide bonds. The lowest BCUT2D eigenvalue weighted by molar-refractivity contribution is 0.0697. The van der Waals surface area contributed by atoms with Crippen LogP contribution in [0.5, 0.6) is 0 Å². The first-order valence-corrected chi connectivity index (χ1v) is 5.69. The molecule has 3 nitrogen and oxygen atoms in total. The molecule has 1 aromatic rings. The van der Waals surface area contributed by atoms with E-state index in [-0.39, 0.29) is 5.56 Å². The van der Waals surface area contributed by atoms with Crippen LogP contribution < -0.4 is 4.90 Å². The van der Waals surface area contributed by atoms with Crippen LogP contribution >= 0.6 is 11.6 Å². The van der Waals surface area contributed by atoms with E-state index in [0.717, 1.165) is 6.42 Å². The summed E-state index contributed by atoms with van der Waals surface area (Å²) in [6.45, 7) is 3.08. The van der Waals surface area contributed by atoms with Gasteiger partial charge in [0.2, 0.25) is 0 Å². The number of benzene rings is 1. The van der Waals surface area contributed by atoms with Crippen molar-refractivity contribution in [1.82, 2.24) is 0 Å². The maximum Gasteiger partial charge on any atom is 0.337 e. The van der Waals surface area contributed by atoms with Gasteiger partial charge in [0.1, 0.15) is 0 Å². The number of carboxylic acid groups (broad SMARTS) is 1. The van der Waals surface area contributed by atoms with Crippen LogP contribution in [0.15, 0.2) is 18.2 Å². The standard InChI is InChI=1S/C13H14ClNO2/c1-3-7-15(8-4-2)12-9-10(14)5-6-11(12)13(16)17/h1,5-6,9H,4,7-8H2,2H3,(H,16,17). The zero-order valence-electron chi connectivity index (χ0n) is 9.61. The second kappa shape index (κ2) is 6.17. The predicted molar refractivity (Wildman–Crippen MR) is 69.7 cm³/mol. The largest absolute Gasteiger partial charge is 0.478 e. The van der Waals surface area contributed by atoms with E-state index in [9.17, 15) is 4.79 Å². The highest BCUT2D eigenvalue weighted by atomic mass is 35.5. The fraction of sp³-hybridized carbons (Fsp3) is 0.308. The van der Waals surface area contributed by atoms with E-state index in [1.807, 2.05) is 11.8 Å². The molecule has 0 aromatic heterocycles. The maximum atomic E-state index is 11.1. The van der Waals surface area contributed by atoms with E-state index in [1.54, 1.807) is 12.1 Å². The van der Waals surface area contributed by atoms with Crippen molar-refractivity contribution in [3.05, 3.63) is 28.8 Å². The molecule has 0 aliphatic rings. The molecule has 0 heterocycles. The molecule has 0 spiro atoms. The fourth-order valence-electron chi connectivity index (χ4n) is 1.61. The lowest BCUT2D eigenvalue weighted by atomic mass is 10.1. The Bertz CT molecular complexity index is 451. The highest BCUT2D eigenvalue weighted by molar-refractivity contribution is 6.31. The summed E-state index contributed by atoms with van der Waals surface area (Å²) in [5, 5.41) is 9.62. The summed E-state index contributed by atoms with van der Waals surface area (Å²) in [5.74, 6) is 1.55. The molecule has 0 radical (unpaired) electrons. The van der Waals surface area contributed by atoms with E-state index < -0.39 is 5.97 Å². The molecule has 1 N–H and O–H groups in total. The van der Waals surface area contributed by atoms with Crippen molar-refractivity contribution in [2.24, 2.45) is 0 Å². The minimum absolute atomic E-state index is 0.220.